The Labute approximate surface area is 232 Å². The van der Waals surface area contributed by atoms with Gasteiger partial charge in [0.2, 0.25) is 0 Å². The Hall–Kier alpha value is -4.49. The number of carboxylic acids is 1. The molecule has 218 valence electrons. The van der Waals surface area contributed by atoms with Gasteiger partial charge in [0, 0.05) is 36.1 Å². The molecule has 2 aromatic carbocycles. The predicted molar refractivity (Wildman–Crippen MR) is 146 cm³/mol. The smallest absolute Gasteiger partial charge is 0.475 e. The lowest BCUT2D eigenvalue weighted by atomic mass is 10.0. The van der Waals surface area contributed by atoms with E-state index >= 15 is 0 Å². The first-order chi connectivity index (χ1) is 19.3. The van der Waals surface area contributed by atoms with Crippen molar-refractivity contribution in [2.45, 2.75) is 26.1 Å². The van der Waals surface area contributed by atoms with Crippen LogP contribution in [0.3, 0.4) is 0 Å². The molecule has 1 amide bonds. The number of benzene rings is 2. The molecule has 9 nitrogen and oxygen atoms in total. The van der Waals surface area contributed by atoms with Crippen LogP contribution in [0.1, 0.15) is 28.4 Å². The molecule has 0 bridgehead atoms. The van der Waals surface area contributed by atoms with Crippen molar-refractivity contribution < 1.29 is 37.4 Å². The van der Waals surface area contributed by atoms with E-state index in [1.54, 1.807) is 12.1 Å². The number of pyridine rings is 1. The summed E-state index contributed by atoms with van der Waals surface area (Å²) in [5.41, 5.74) is 11.8. The Morgan fingerprint density at radius 2 is 1.80 bits per heavy atom. The molecule has 0 aliphatic heterocycles. The number of H-pyrrole nitrogens is 1. The molecule has 0 radical (unpaired) electrons. The monoisotopic (exact) mass is 575 g/mol. The van der Waals surface area contributed by atoms with E-state index in [1.807, 2.05) is 25.2 Å². The number of halogens is 4. The summed E-state index contributed by atoms with van der Waals surface area (Å²) in [5, 5.41) is 20.5. The van der Waals surface area contributed by atoms with Crippen LogP contribution in [0.25, 0.3) is 22.3 Å². The lowest BCUT2D eigenvalue weighted by molar-refractivity contribution is -0.192. The number of aromatic amines is 1. The third kappa shape index (κ3) is 7.80. The minimum Gasteiger partial charge on any atom is -0.475 e. The van der Waals surface area contributed by atoms with Crippen molar-refractivity contribution in [2.24, 2.45) is 5.73 Å². The van der Waals surface area contributed by atoms with E-state index in [-0.39, 0.29) is 18.0 Å². The maximum absolute atomic E-state index is 13.4. The Morgan fingerprint density at radius 1 is 1.15 bits per heavy atom. The molecular formula is C28H29F4N5O4. The number of nitrogens with two attached hydrogens (primary N) is 1. The maximum Gasteiger partial charge on any atom is 0.490 e. The van der Waals surface area contributed by atoms with E-state index in [1.165, 1.54) is 18.3 Å². The first-order valence-corrected chi connectivity index (χ1v) is 12.4. The number of carboxylic acid groups (broad SMARTS) is 1. The summed E-state index contributed by atoms with van der Waals surface area (Å²) in [5.74, 6) is -3.65. The molecule has 2 aromatic heterocycles. The van der Waals surface area contributed by atoms with Gasteiger partial charge in [-0.15, -0.1) is 0 Å². The van der Waals surface area contributed by atoms with Crippen LogP contribution in [-0.2, 0) is 17.8 Å². The van der Waals surface area contributed by atoms with Crippen molar-refractivity contribution in [1.29, 1.82) is 0 Å². The quantitative estimate of drug-likeness (QED) is 0.180. The number of hydrogen-bond acceptors (Lipinski definition) is 6. The van der Waals surface area contributed by atoms with E-state index in [4.69, 9.17) is 15.6 Å². The lowest BCUT2D eigenvalue weighted by Crippen LogP contribution is -2.22. The number of primary amides is 1. The highest BCUT2D eigenvalue weighted by atomic mass is 19.4. The van der Waals surface area contributed by atoms with Crippen molar-refractivity contribution >= 4 is 34.3 Å². The number of alkyl halides is 3. The summed E-state index contributed by atoms with van der Waals surface area (Å²) in [6, 6.07) is 14.1. The number of aliphatic carboxylic acids is 1. The van der Waals surface area contributed by atoms with Crippen LogP contribution in [0.5, 0.6) is 0 Å². The normalized spacial score (nSPS) is 11.3. The number of rotatable bonds is 9. The highest BCUT2D eigenvalue weighted by Gasteiger charge is 2.38. The number of fused-ring (bicyclic) bond motifs is 1. The SMILES string of the molecule is CCc1c(CN(C)CCO)cccc1Nc1c(C(N)=O)cnc2[nH]c(-c3ccc(F)cc3)cc12.O=C(O)C(F)(F)F. The number of nitrogens with one attached hydrogen (secondary N) is 2. The molecule has 13 heteroatoms. The van der Waals surface area contributed by atoms with Gasteiger partial charge in [-0.3, -0.25) is 9.69 Å². The maximum atomic E-state index is 13.4. The fourth-order valence-corrected chi connectivity index (χ4v) is 4.17. The van der Waals surface area contributed by atoms with E-state index in [0.717, 1.165) is 34.5 Å². The standard InChI is InChI=1S/C26H28FN5O2.C2HF3O2/c1-3-19-17(15-32(2)11-12-33)5-4-6-22(19)30-24-20-13-23(16-7-9-18(27)10-8-16)31-26(20)29-14-21(24)25(28)34;3-2(4,5)1(6)7/h4-10,13-14,33H,3,11-12,15H2,1-2H3,(H2,28,34)(H2,29,30,31);(H,6,7). The van der Waals surface area contributed by atoms with Gasteiger partial charge in [0.15, 0.2) is 0 Å². The summed E-state index contributed by atoms with van der Waals surface area (Å²) in [6.07, 6.45) is -2.85. The average molecular weight is 576 g/mol. The summed E-state index contributed by atoms with van der Waals surface area (Å²) in [7, 11) is 1.96. The lowest BCUT2D eigenvalue weighted by Gasteiger charge is -2.21. The van der Waals surface area contributed by atoms with Crippen LogP contribution in [0.2, 0.25) is 0 Å². The summed E-state index contributed by atoms with van der Waals surface area (Å²) >= 11 is 0. The molecule has 0 fully saturated rings. The van der Waals surface area contributed by atoms with Gasteiger partial charge < -0.3 is 26.2 Å². The first kappa shape index (κ1) is 31.0. The second-order valence-corrected chi connectivity index (χ2v) is 9.05. The molecule has 0 aliphatic carbocycles. The van der Waals surface area contributed by atoms with Crippen LogP contribution in [-0.4, -0.2) is 63.3 Å². The number of likely N-dealkylation sites (N-methyl/N-ethyl adjacent to an activating group) is 1. The minimum absolute atomic E-state index is 0.0940. The largest absolute Gasteiger partial charge is 0.490 e. The Bertz CT molecular complexity index is 1520. The zero-order valence-corrected chi connectivity index (χ0v) is 22.2. The highest BCUT2D eigenvalue weighted by Crippen LogP contribution is 2.34. The third-order valence-corrected chi connectivity index (χ3v) is 6.13. The summed E-state index contributed by atoms with van der Waals surface area (Å²) < 4.78 is 45.1. The van der Waals surface area contributed by atoms with Gasteiger partial charge in [0.1, 0.15) is 11.5 Å². The van der Waals surface area contributed by atoms with Crippen LogP contribution in [0.4, 0.5) is 28.9 Å². The zero-order valence-electron chi connectivity index (χ0n) is 22.2. The van der Waals surface area contributed by atoms with Crippen molar-refractivity contribution in [3.8, 4) is 11.3 Å². The fourth-order valence-electron chi connectivity index (χ4n) is 4.17. The zero-order chi connectivity index (χ0) is 30.3. The number of aliphatic hydroxyl groups is 1. The average Bonchev–Trinajstić information content (AvgIpc) is 3.34. The van der Waals surface area contributed by atoms with Gasteiger partial charge in [-0.05, 0) is 66.6 Å². The summed E-state index contributed by atoms with van der Waals surface area (Å²) in [4.78, 5) is 30.9. The van der Waals surface area contributed by atoms with E-state index in [9.17, 15) is 27.5 Å². The minimum atomic E-state index is -5.08. The van der Waals surface area contributed by atoms with Gasteiger partial charge in [-0.2, -0.15) is 13.2 Å². The Kier molecular flexibility index (Phi) is 10.0. The third-order valence-electron chi connectivity index (χ3n) is 6.13. The number of aliphatic hydroxyl groups excluding tert-OH is 1. The molecule has 0 aliphatic rings. The Morgan fingerprint density at radius 3 is 2.37 bits per heavy atom. The molecule has 4 rings (SSSR count). The van der Waals surface area contributed by atoms with E-state index < -0.39 is 18.1 Å². The molecular weight excluding hydrogens is 546 g/mol. The van der Waals surface area contributed by atoms with Gasteiger partial charge in [-0.25, -0.2) is 14.2 Å². The molecule has 41 heavy (non-hydrogen) atoms. The number of aromatic nitrogens is 2. The number of carbonyl (C=O) groups excluding carboxylic acids is 1. The van der Waals surface area contributed by atoms with Crippen molar-refractivity contribution in [3.63, 3.8) is 0 Å². The molecule has 4 aromatic rings. The van der Waals surface area contributed by atoms with Gasteiger partial charge >= 0.3 is 12.1 Å². The van der Waals surface area contributed by atoms with Crippen molar-refractivity contribution in [1.82, 2.24) is 14.9 Å². The molecule has 0 saturated carbocycles. The second kappa shape index (κ2) is 13.2. The molecule has 0 atom stereocenters. The number of anilines is 2. The highest BCUT2D eigenvalue weighted by molar-refractivity contribution is 6.08. The van der Waals surface area contributed by atoms with E-state index in [2.05, 4.69) is 33.2 Å². The van der Waals surface area contributed by atoms with Crippen LogP contribution in [0.15, 0.2) is 54.7 Å². The van der Waals surface area contributed by atoms with E-state index in [0.29, 0.717) is 29.8 Å². The molecule has 2 heterocycles. The Balaban J connectivity index is 0.000000587. The second-order valence-electron chi connectivity index (χ2n) is 9.05. The van der Waals surface area contributed by atoms with Gasteiger partial charge in [-0.1, -0.05) is 19.1 Å². The van der Waals surface area contributed by atoms with Crippen molar-refractivity contribution in [2.75, 3.05) is 25.5 Å². The van der Waals surface area contributed by atoms with Crippen LogP contribution < -0.4 is 11.1 Å². The first-order valence-electron chi connectivity index (χ1n) is 12.4. The van der Waals surface area contributed by atoms with Crippen LogP contribution >= 0.6 is 0 Å². The van der Waals surface area contributed by atoms with Gasteiger partial charge in [0.05, 0.1) is 17.9 Å². The predicted octanol–water partition coefficient (Wildman–Crippen LogP) is 4.83. The van der Waals surface area contributed by atoms with Crippen LogP contribution in [0, 0.1) is 5.82 Å². The number of hydrogen-bond donors (Lipinski definition) is 5. The number of amides is 1. The van der Waals surface area contributed by atoms with Gasteiger partial charge in [0.25, 0.3) is 5.91 Å². The fraction of sp³-hybridized carbons (Fsp3) is 0.250. The number of nitrogens with zero attached hydrogens (tertiary/aromatic N) is 2. The molecule has 0 saturated heterocycles. The number of carbonyl (C=O) groups is 2. The topological polar surface area (TPSA) is 145 Å². The molecule has 0 spiro atoms. The van der Waals surface area contributed by atoms with Crippen molar-refractivity contribution in [3.05, 3.63) is 77.2 Å². The molecule has 0 unspecified atom stereocenters. The molecule has 6 N–H and O–H groups in total. The summed E-state index contributed by atoms with van der Waals surface area (Å²) in [6.45, 7) is 3.44.